The van der Waals surface area contributed by atoms with Gasteiger partial charge in [0.2, 0.25) is 0 Å². The minimum absolute atomic E-state index is 0.0392. The molecule has 2 aromatic rings. The fraction of sp³-hybridized carbons (Fsp3) is 0. The maximum absolute atomic E-state index is 7.37. The Labute approximate surface area is 94.3 Å². The summed E-state index contributed by atoms with van der Waals surface area (Å²) in [6, 6.07) is 3.66. The van der Waals surface area contributed by atoms with Crippen molar-refractivity contribution in [1.82, 2.24) is 15.2 Å². The summed E-state index contributed by atoms with van der Waals surface area (Å²) in [5.74, 6) is -0.0392. The second-order valence-corrected chi connectivity index (χ2v) is 4.69. The first kappa shape index (κ1) is 10.1. The van der Waals surface area contributed by atoms with Crippen molar-refractivity contribution >= 4 is 28.9 Å². The Bertz CT molecular complexity index is 468. The van der Waals surface area contributed by atoms with Crippen LogP contribution in [0.4, 0.5) is 0 Å². The highest BCUT2D eigenvalue weighted by atomic mass is 32.2. The number of rotatable bonds is 3. The van der Waals surface area contributed by atoms with Gasteiger partial charge in [-0.2, -0.15) is 0 Å². The van der Waals surface area contributed by atoms with E-state index in [1.54, 1.807) is 17.8 Å². The van der Waals surface area contributed by atoms with Crippen LogP contribution in [0.15, 0.2) is 33.1 Å². The summed E-state index contributed by atoms with van der Waals surface area (Å²) in [5.41, 5.74) is 7.56. The molecule has 0 aliphatic heterocycles. The highest BCUT2D eigenvalue weighted by Crippen LogP contribution is 2.29. The van der Waals surface area contributed by atoms with Crippen LogP contribution in [0.25, 0.3) is 0 Å². The van der Waals surface area contributed by atoms with E-state index < -0.39 is 0 Å². The van der Waals surface area contributed by atoms with Crippen LogP contribution in [0.5, 0.6) is 0 Å². The number of hydrogen-bond donors (Lipinski definition) is 2. The van der Waals surface area contributed by atoms with E-state index in [4.69, 9.17) is 11.1 Å². The second kappa shape index (κ2) is 4.37. The van der Waals surface area contributed by atoms with E-state index in [-0.39, 0.29) is 5.84 Å². The lowest BCUT2D eigenvalue weighted by molar-refractivity contribution is 1.01. The molecule has 2 heterocycles. The summed E-state index contributed by atoms with van der Waals surface area (Å²) in [4.78, 5) is 4.87. The molecule has 2 aromatic heterocycles. The van der Waals surface area contributed by atoms with Gasteiger partial charge in [0, 0.05) is 11.1 Å². The maximum Gasteiger partial charge on any atom is 0.178 e. The Balaban J connectivity index is 2.32. The zero-order chi connectivity index (χ0) is 10.7. The highest BCUT2D eigenvalue weighted by Gasteiger charge is 2.09. The number of nitrogens with two attached hydrogens (primary N) is 1. The molecule has 0 saturated heterocycles. The lowest BCUT2D eigenvalue weighted by Gasteiger charge is -2.03. The summed E-state index contributed by atoms with van der Waals surface area (Å²) in [5, 5.41) is 15.0. The Morgan fingerprint density at radius 2 is 2.40 bits per heavy atom. The molecule has 5 nitrogen and oxygen atoms in total. The maximum atomic E-state index is 7.37. The first-order valence-electron chi connectivity index (χ1n) is 4.01. The molecule has 0 unspecified atom stereocenters. The van der Waals surface area contributed by atoms with Crippen molar-refractivity contribution in [2.45, 2.75) is 9.24 Å². The number of nitrogens with one attached hydrogen (secondary N) is 1. The topological polar surface area (TPSA) is 88.5 Å². The van der Waals surface area contributed by atoms with Gasteiger partial charge >= 0.3 is 0 Å². The van der Waals surface area contributed by atoms with Crippen molar-refractivity contribution in [3.63, 3.8) is 0 Å². The second-order valence-electron chi connectivity index (χ2n) is 2.57. The van der Waals surface area contributed by atoms with Gasteiger partial charge in [-0.25, -0.2) is 0 Å². The molecule has 3 N–H and O–H groups in total. The third-order valence-corrected chi connectivity index (χ3v) is 3.39. The van der Waals surface area contributed by atoms with Gasteiger partial charge in [-0.05, 0) is 12.1 Å². The minimum atomic E-state index is -0.0392. The fourth-order valence-corrected chi connectivity index (χ4v) is 2.53. The van der Waals surface area contributed by atoms with Crippen LogP contribution < -0.4 is 5.73 Å². The van der Waals surface area contributed by atoms with Gasteiger partial charge in [0.15, 0.2) is 4.34 Å². The van der Waals surface area contributed by atoms with Gasteiger partial charge < -0.3 is 5.73 Å². The minimum Gasteiger partial charge on any atom is -0.382 e. The number of hydrogen-bond acceptors (Lipinski definition) is 6. The first-order valence-corrected chi connectivity index (χ1v) is 5.70. The van der Waals surface area contributed by atoms with Crippen molar-refractivity contribution < 1.29 is 0 Å². The average molecular weight is 237 g/mol. The van der Waals surface area contributed by atoms with Crippen molar-refractivity contribution in [3.8, 4) is 0 Å². The van der Waals surface area contributed by atoms with E-state index >= 15 is 0 Å². The molecule has 76 valence electrons. The van der Waals surface area contributed by atoms with Crippen molar-refractivity contribution in [3.05, 3.63) is 29.5 Å². The molecule has 0 fully saturated rings. The van der Waals surface area contributed by atoms with E-state index in [2.05, 4.69) is 15.2 Å². The summed E-state index contributed by atoms with van der Waals surface area (Å²) < 4.78 is 0.811. The molecule has 2 rings (SSSR count). The molecular formula is C8H7N5S2. The van der Waals surface area contributed by atoms with Gasteiger partial charge in [-0.1, -0.05) is 23.1 Å². The van der Waals surface area contributed by atoms with Gasteiger partial charge in [0.05, 0.1) is 0 Å². The third-order valence-electron chi connectivity index (χ3n) is 1.56. The van der Waals surface area contributed by atoms with Crippen LogP contribution in [0.2, 0.25) is 0 Å². The van der Waals surface area contributed by atoms with Crippen LogP contribution in [0.3, 0.4) is 0 Å². The standard InChI is InChI=1S/C8H7N5S2/c9-7(10)6-5(2-1-3-11-6)15-8-13-12-4-14-8/h1-4H,(H3,9,10). The molecule has 0 aliphatic carbocycles. The van der Waals surface area contributed by atoms with E-state index in [1.165, 1.54) is 23.1 Å². The third kappa shape index (κ3) is 2.31. The molecule has 15 heavy (non-hydrogen) atoms. The van der Waals surface area contributed by atoms with E-state index in [9.17, 15) is 0 Å². The van der Waals surface area contributed by atoms with E-state index in [1.807, 2.05) is 6.07 Å². The molecule has 0 atom stereocenters. The highest BCUT2D eigenvalue weighted by molar-refractivity contribution is 8.01. The molecule has 0 aromatic carbocycles. The van der Waals surface area contributed by atoms with Crippen molar-refractivity contribution in [2.24, 2.45) is 5.73 Å². The van der Waals surface area contributed by atoms with Gasteiger partial charge in [-0.3, -0.25) is 10.4 Å². The molecule has 0 radical (unpaired) electrons. The van der Waals surface area contributed by atoms with Crippen LogP contribution in [0, 0.1) is 5.41 Å². The fourth-order valence-electron chi connectivity index (χ4n) is 0.977. The van der Waals surface area contributed by atoms with Crippen LogP contribution in [-0.2, 0) is 0 Å². The van der Waals surface area contributed by atoms with Crippen molar-refractivity contribution in [1.29, 1.82) is 5.41 Å². The molecule has 0 spiro atoms. The van der Waals surface area contributed by atoms with E-state index in [0.717, 1.165) is 9.24 Å². The molecule has 0 amide bonds. The Morgan fingerprint density at radius 1 is 1.53 bits per heavy atom. The molecule has 0 bridgehead atoms. The zero-order valence-electron chi connectivity index (χ0n) is 7.54. The smallest absolute Gasteiger partial charge is 0.178 e. The summed E-state index contributed by atoms with van der Waals surface area (Å²) >= 11 is 2.85. The molecule has 0 saturated carbocycles. The number of pyridine rings is 1. The van der Waals surface area contributed by atoms with Gasteiger partial charge in [0.1, 0.15) is 17.0 Å². The normalized spacial score (nSPS) is 10.1. The lowest BCUT2D eigenvalue weighted by atomic mass is 10.3. The molecule has 7 heteroatoms. The Morgan fingerprint density at radius 3 is 3.07 bits per heavy atom. The predicted octanol–water partition coefficient (Wildman–Crippen LogP) is 1.37. The quantitative estimate of drug-likeness (QED) is 0.621. The predicted molar refractivity (Wildman–Crippen MR) is 59.3 cm³/mol. The Hall–Kier alpha value is -1.47. The summed E-state index contributed by atoms with van der Waals surface area (Å²) in [6.07, 6.45) is 1.61. The van der Waals surface area contributed by atoms with E-state index in [0.29, 0.717) is 5.69 Å². The number of nitrogen functional groups attached to an aromatic ring is 1. The SMILES string of the molecule is N=C(N)c1ncccc1Sc1nncs1. The molecular weight excluding hydrogens is 230 g/mol. The lowest BCUT2D eigenvalue weighted by Crippen LogP contribution is -2.14. The van der Waals surface area contributed by atoms with Gasteiger partial charge in [0.25, 0.3) is 0 Å². The number of amidine groups is 1. The number of aromatic nitrogens is 3. The van der Waals surface area contributed by atoms with Crippen molar-refractivity contribution in [2.75, 3.05) is 0 Å². The first-order chi connectivity index (χ1) is 7.27. The largest absolute Gasteiger partial charge is 0.382 e. The van der Waals surface area contributed by atoms with Crippen LogP contribution in [-0.4, -0.2) is 21.0 Å². The zero-order valence-corrected chi connectivity index (χ0v) is 9.18. The Kier molecular flexibility index (Phi) is 2.93. The summed E-state index contributed by atoms with van der Waals surface area (Å²) in [7, 11) is 0. The van der Waals surface area contributed by atoms with Gasteiger partial charge in [-0.15, -0.1) is 10.2 Å². The monoisotopic (exact) mass is 237 g/mol. The summed E-state index contributed by atoms with van der Waals surface area (Å²) in [6.45, 7) is 0. The molecule has 0 aliphatic rings. The number of nitrogens with zero attached hydrogens (tertiary/aromatic N) is 3. The average Bonchev–Trinajstić information content (AvgIpc) is 2.71. The van der Waals surface area contributed by atoms with Crippen LogP contribution >= 0.6 is 23.1 Å². The van der Waals surface area contributed by atoms with Crippen LogP contribution in [0.1, 0.15) is 5.69 Å².